The normalized spacial score (nSPS) is 10.6. The molecule has 0 spiro atoms. The van der Waals surface area contributed by atoms with E-state index < -0.39 is 5.97 Å². The van der Waals surface area contributed by atoms with Gasteiger partial charge in [-0.25, -0.2) is 4.79 Å². The monoisotopic (exact) mass is 340 g/mol. The molecule has 3 nitrogen and oxygen atoms in total. The molecule has 86 valence electrons. The van der Waals surface area contributed by atoms with Crippen LogP contribution >= 0.6 is 22.6 Å². The van der Waals surface area contributed by atoms with Crippen molar-refractivity contribution in [2.45, 2.75) is 0 Å². The second-order valence-electron chi connectivity index (χ2n) is 3.22. The summed E-state index contributed by atoms with van der Waals surface area (Å²) < 4.78 is 11.2. The number of benzene rings is 1. The Labute approximate surface area is 112 Å². The van der Waals surface area contributed by atoms with Crippen molar-refractivity contribution in [1.29, 1.82) is 0 Å². The Bertz CT molecular complexity index is 512. The van der Waals surface area contributed by atoms with E-state index in [0.717, 1.165) is 3.57 Å². The first-order valence-corrected chi connectivity index (χ1v) is 6.01. The number of hydrogen-bond acceptors (Lipinski definition) is 3. The smallest absolute Gasteiger partial charge is 0.336 e. The summed E-state index contributed by atoms with van der Waals surface area (Å²) in [6.07, 6.45) is 4.44. The van der Waals surface area contributed by atoms with Crippen LogP contribution in [0.4, 0.5) is 0 Å². The number of halogens is 1. The largest absolute Gasteiger partial charge is 0.465 e. The van der Waals surface area contributed by atoms with Crippen molar-refractivity contribution in [2.75, 3.05) is 0 Å². The van der Waals surface area contributed by atoms with Gasteiger partial charge in [0.25, 0.3) is 0 Å². The van der Waals surface area contributed by atoms with E-state index >= 15 is 0 Å². The van der Waals surface area contributed by atoms with Gasteiger partial charge in [-0.2, -0.15) is 0 Å². The molecule has 0 fully saturated rings. The van der Waals surface area contributed by atoms with Crippen molar-refractivity contribution in [3.05, 3.63) is 58.1 Å². The van der Waals surface area contributed by atoms with E-state index in [1.54, 1.807) is 36.6 Å². The van der Waals surface area contributed by atoms with Gasteiger partial charge in [-0.1, -0.05) is 0 Å². The molecule has 1 aromatic carbocycles. The standard InChI is InChI=1S/C13H9IO3/c14-10-3-5-12(6-4-10)17-13(15)8-7-11-2-1-9-16-11/h1-9H/b8-7+. The van der Waals surface area contributed by atoms with Crippen LogP contribution in [-0.4, -0.2) is 5.97 Å². The van der Waals surface area contributed by atoms with Gasteiger partial charge in [0, 0.05) is 9.65 Å². The minimum atomic E-state index is -0.428. The number of hydrogen-bond donors (Lipinski definition) is 0. The maximum absolute atomic E-state index is 11.4. The van der Waals surface area contributed by atoms with Gasteiger partial charge in [0.1, 0.15) is 11.5 Å². The molecule has 0 atom stereocenters. The molecular formula is C13H9IO3. The molecule has 0 bridgehead atoms. The Kier molecular flexibility index (Phi) is 3.98. The lowest BCUT2D eigenvalue weighted by Gasteiger charge is -2.00. The summed E-state index contributed by atoms with van der Waals surface area (Å²) in [5.74, 6) is 0.715. The molecule has 0 N–H and O–H groups in total. The molecule has 0 amide bonds. The highest BCUT2D eigenvalue weighted by Crippen LogP contribution is 2.14. The van der Waals surface area contributed by atoms with Crippen molar-refractivity contribution in [1.82, 2.24) is 0 Å². The first-order valence-electron chi connectivity index (χ1n) is 4.93. The molecule has 17 heavy (non-hydrogen) atoms. The fourth-order valence-electron chi connectivity index (χ4n) is 1.19. The van der Waals surface area contributed by atoms with E-state index in [4.69, 9.17) is 9.15 Å². The third-order valence-corrected chi connectivity index (χ3v) is 2.68. The maximum atomic E-state index is 11.4. The Hall–Kier alpha value is -1.56. The summed E-state index contributed by atoms with van der Waals surface area (Å²) in [5, 5.41) is 0. The molecule has 0 unspecified atom stereocenters. The van der Waals surface area contributed by atoms with E-state index in [9.17, 15) is 4.79 Å². The van der Waals surface area contributed by atoms with Gasteiger partial charge in [0.15, 0.2) is 0 Å². The average Bonchev–Trinajstić information content (AvgIpc) is 2.83. The zero-order valence-corrected chi connectivity index (χ0v) is 11.0. The highest BCUT2D eigenvalue weighted by atomic mass is 127. The van der Waals surface area contributed by atoms with Crippen molar-refractivity contribution in [3.8, 4) is 5.75 Å². The predicted molar refractivity (Wildman–Crippen MR) is 72.5 cm³/mol. The average molecular weight is 340 g/mol. The van der Waals surface area contributed by atoms with E-state index in [2.05, 4.69) is 22.6 Å². The zero-order chi connectivity index (χ0) is 12.1. The van der Waals surface area contributed by atoms with Crippen LogP contribution in [0.1, 0.15) is 5.76 Å². The fraction of sp³-hybridized carbons (Fsp3) is 0. The van der Waals surface area contributed by atoms with Crippen LogP contribution in [0.25, 0.3) is 6.08 Å². The Morgan fingerprint density at radius 2 is 2.00 bits per heavy atom. The Morgan fingerprint density at radius 1 is 1.24 bits per heavy atom. The second kappa shape index (κ2) is 5.67. The first-order chi connectivity index (χ1) is 8.24. The van der Waals surface area contributed by atoms with Crippen LogP contribution in [0, 0.1) is 3.57 Å². The molecule has 1 heterocycles. The Morgan fingerprint density at radius 3 is 2.65 bits per heavy atom. The Balaban J connectivity index is 1.95. The molecule has 0 aliphatic rings. The van der Waals surface area contributed by atoms with Gasteiger partial charge in [-0.15, -0.1) is 0 Å². The van der Waals surface area contributed by atoms with Crippen LogP contribution in [0.15, 0.2) is 53.2 Å². The van der Waals surface area contributed by atoms with Crippen LogP contribution in [0.3, 0.4) is 0 Å². The summed E-state index contributed by atoms with van der Waals surface area (Å²) >= 11 is 2.19. The number of carbonyl (C=O) groups is 1. The van der Waals surface area contributed by atoms with E-state index in [1.807, 2.05) is 12.1 Å². The van der Waals surface area contributed by atoms with Gasteiger partial charge in [0.2, 0.25) is 0 Å². The second-order valence-corrected chi connectivity index (χ2v) is 4.47. The number of furan rings is 1. The molecule has 0 saturated heterocycles. The van der Waals surface area contributed by atoms with Crippen LogP contribution < -0.4 is 4.74 Å². The molecule has 2 aromatic rings. The molecule has 0 aliphatic heterocycles. The lowest BCUT2D eigenvalue weighted by molar-refractivity contribution is -0.128. The molecule has 0 radical (unpaired) electrons. The van der Waals surface area contributed by atoms with Gasteiger partial charge in [-0.3, -0.25) is 0 Å². The summed E-state index contributed by atoms with van der Waals surface area (Å²) in [6, 6.07) is 10.8. The van der Waals surface area contributed by atoms with Gasteiger partial charge in [0.05, 0.1) is 6.26 Å². The van der Waals surface area contributed by atoms with Gasteiger partial charge in [-0.05, 0) is 65.1 Å². The van der Waals surface area contributed by atoms with E-state index in [1.165, 1.54) is 6.08 Å². The molecule has 1 aromatic heterocycles. The fourth-order valence-corrected chi connectivity index (χ4v) is 1.55. The van der Waals surface area contributed by atoms with Crippen molar-refractivity contribution < 1.29 is 13.9 Å². The van der Waals surface area contributed by atoms with Crippen LogP contribution in [0.2, 0.25) is 0 Å². The number of esters is 1. The lowest BCUT2D eigenvalue weighted by Crippen LogP contribution is -2.03. The minimum Gasteiger partial charge on any atom is -0.465 e. The van der Waals surface area contributed by atoms with Crippen LogP contribution in [0.5, 0.6) is 5.75 Å². The minimum absolute atomic E-state index is 0.428. The van der Waals surface area contributed by atoms with Crippen molar-refractivity contribution in [3.63, 3.8) is 0 Å². The third kappa shape index (κ3) is 3.74. The quantitative estimate of drug-likeness (QED) is 0.372. The SMILES string of the molecule is O=C(/C=C/c1ccco1)Oc1ccc(I)cc1. The van der Waals surface area contributed by atoms with Gasteiger partial charge < -0.3 is 9.15 Å². The molecule has 2 rings (SSSR count). The number of rotatable bonds is 3. The predicted octanol–water partition coefficient (Wildman–Crippen LogP) is 3.50. The lowest BCUT2D eigenvalue weighted by atomic mass is 10.3. The maximum Gasteiger partial charge on any atom is 0.336 e. The van der Waals surface area contributed by atoms with E-state index in [0.29, 0.717) is 11.5 Å². The molecular weight excluding hydrogens is 331 g/mol. The summed E-state index contributed by atoms with van der Waals surface area (Å²) in [6.45, 7) is 0. The van der Waals surface area contributed by atoms with Crippen LogP contribution in [-0.2, 0) is 4.79 Å². The topological polar surface area (TPSA) is 39.4 Å². The molecule has 0 aliphatic carbocycles. The number of ether oxygens (including phenoxy) is 1. The summed E-state index contributed by atoms with van der Waals surface area (Å²) in [7, 11) is 0. The first kappa shape index (κ1) is 11.9. The summed E-state index contributed by atoms with van der Waals surface area (Å²) in [5.41, 5.74) is 0. The third-order valence-electron chi connectivity index (χ3n) is 1.96. The van der Waals surface area contributed by atoms with E-state index in [-0.39, 0.29) is 0 Å². The highest BCUT2D eigenvalue weighted by Gasteiger charge is 2.00. The molecule has 0 saturated carbocycles. The zero-order valence-electron chi connectivity index (χ0n) is 8.80. The van der Waals surface area contributed by atoms with Crippen molar-refractivity contribution in [2.24, 2.45) is 0 Å². The van der Waals surface area contributed by atoms with Crippen molar-refractivity contribution >= 4 is 34.6 Å². The molecule has 4 heteroatoms. The number of carbonyl (C=O) groups excluding carboxylic acids is 1. The highest BCUT2D eigenvalue weighted by molar-refractivity contribution is 14.1. The summed E-state index contributed by atoms with van der Waals surface area (Å²) in [4.78, 5) is 11.4. The van der Waals surface area contributed by atoms with Gasteiger partial charge >= 0.3 is 5.97 Å².